The van der Waals surface area contributed by atoms with Gasteiger partial charge in [-0.05, 0) is 31.0 Å². The number of piperazine rings is 1. The Labute approximate surface area is 201 Å². The molecule has 2 atom stereocenters. The van der Waals surface area contributed by atoms with Gasteiger partial charge < -0.3 is 20.4 Å². The summed E-state index contributed by atoms with van der Waals surface area (Å²) in [4.78, 5) is 36.8. The molecular weight excluding hydrogens is 475 g/mol. The van der Waals surface area contributed by atoms with Crippen molar-refractivity contribution in [2.75, 3.05) is 36.4 Å². The number of rotatable bonds is 5. The predicted octanol–water partition coefficient (Wildman–Crippen LogP) is 3.54. The van der Waals surface area contributed by atoms with Gasteiger partial charge in [0.25, 0.3) is 0 Å². The molecule has 0 radical (unpaired) electrons. The first kappa shape index (κ1) is 22.9. The van der Waals surface area contributed by atoms with Crippen LogP contribution in [0.2, 0.25) is 15.1 Å². The van der Waals surface area contributed by atoms with Crippen molar-refractivity contribution in [3.63, 3.8) is 0 Å². The summed E-state index contributed by atoms with van der Waals surface area (Å²) in [5, 5.41) is 7.56. The van der Waals surface area contributed by atoms with Crippen molar-refractivity contribution in [1.82, 2.24) is 20.2 Å². The lowest BCUT2D eigenvalue weighted by atomic mass is 10.1. The van der Waals surface area contributed by atoms with Gasteiger partial charge in [-0.1, -0.05) is 40.9 Å². The molecule has 2 N–H and O–H groups in total. The molecule has 170 valence electrons. The minimum absolute atomic E-state index is 0.0245. The van der Waals surface area contributed by atoms with Crippen LogP contribution in [0.3, 0.4) is 0 Å². The maximum atomic E-state index is 12.6. The Morgan fingerprint density at radius 3 is 2.59 bits per heavy atom. The summed E-state index contributed by atoms with van der Waals surface area (Å²) in [6, 6.07) is 4.78. The van der Waals surface area contributed by atoms with Gasteiger partial charge in [0, 0.05) is 42.6 Å². The number of benzene rings is 1. The van der Waals surface area contributed by atoms with E-state index in [4.69, 9.17) is 34.8 Å². The van der Waals surface area contributed by atoms with Crippen LogP contribution in [-0.2, 0) is 9.59 Å². The molecule has 0 saturated carbocycles. The molecule has 2 saturated heterocycles. The van der Waals surface area contributed by atoms with Gasteiger partial charge in [-0.25, -0.2) is 4.98 Å². The second-order valence-corrected chi connectivity index (χ2v) is 9.12. The molecule has 32 heavy (non-hydrogen) atoms. The van der Waals surface area contributed by atoms with Crippen molar-refractivity contribution in [2.45, 2.75) is 31.8 Å². The van der Waals surface area contributed by atoms with Gasteiger partial charge in [-0.15, -0.1) is 0 Å². The third kappa shape index (κ3) is 5.03. The highest BCUT2D eigenvalue weighted by atomic mass is 35.5. The summed E-state index contributed by atoms with van der Waals surface area (Å²) in [5.74, 6) is 0.948. The molecule has 2 amide bonds. The van der Waals surface area contributed by atoms with E-state index in [9.17, 15) is 9.59 Å². The average Bonchev–Trinajstić information content (AvgIpc) is 3.21. The quantitative estimate of drug-likeness (QED) is 0.657. The van der Waals surface area contributed by atoms with Crippen molar-refractivity contribution < 1.29 is 9.59 Å². The number of nitrogens with zero attached hydrogens (tertiary/aromatic N) is 4. The fourth-order valence-electron chi connectivity index (χ4n) is 3.89. The molecule has 0 aliphatic carbocycles. The SMILES string of the molecule is C[C@@H](Nc1nc(N2CCN(C(=O)[C@H]3CCC(=O)N3)CC2)ncc1Cl)c1ccc(Cl)cc1Cl. The zero-order valence-corrected chi connectivity index (χ0v) is 19.7. The molecule has 2 fully saturated rings. The van der Waals surface area contributed by atoms with E-state index >= 15 is 0 Å². The molecule has 0 spiro atoms. The van der Waals surface area contributed by atoms with Crippen LogP contribution in [0, 0.1) is 0 Å². The topological polar surface area (TPSA) is 90.5 Å². The zero-order chi connectivity index (χ0) is 22.8. The number of carbonyl (C=O) groups excluding carboxylic acids is 2. The first-order valence-electron chi connectivity index (χ1n) is 10.4. The van der Waals surface area contributed by atoms with E-state index < -0.39 is 6.04 Å². The number of nitrogens with one attached hydrogen (secondary N) is 2. The third-order valence-electron chi connectivity index (χ3n) is 5.68. The van der Waals surface area contributed by atoms with Crippen LogP contribution in [0.1, 0.15) is 31.4 Å². The smallest absolute Gasteiger partial charge is 0.245 e. The number of halogens is 3. The van der Waals surface area contributed by atoms with E-state index in [1.165, 1.54) is 0 Å². The Morgan fingerprint density at radius 1 is 1.19 bits per heavy atom. The number of amides is 2. The Bertz CT molecular complexity index is 1030. The van der Waals surface area contributed by atoms with Gasteiger partial charge in [-0.2, -0.15) is 4.98 Å². The van der Waals surface area contributed by atoms with Crippen LogP contribution in [0.4, 0.5) is 11.8 Å². The second-order valence-electron chi connectivity index (χ2n) is 7.87. The van der Waals surface area contributed by atoms with Crippen LogP contribution < -0.4 is 15.5 Å². The molecule has 4 rings (SSSR count). The van der Waals surface area contributed by atoms with E-state index in [2.05, 4.69) is 20.6 Å². The highest BCUT2D eigenvalue weighted by Crippen LogP contribution is 2.30. The molecule has 1 aromatic heterocycles. The van der Waals surface area contributed by atoms with E-state index in [0.29, 0.717) is 65.9 Å². The summed E-state index contributed by atoms with van der Waals surface area (Å²) in [6.45, 7) is 4.21. The first-order chi connectivity index (χ1) is 15.3. The van der Waals surface area contributed by atoms with Crippen LogP contribution in [0.5, 0.6) is 0 Å². The molecular formula is C21H23Cl3N6O2. The van der Waals surface area contributed by atoms with Gasteiger partial charge in [0.1, 0.15) is 11.1 Å². The lowest BCUT2D eigenvalue weighted by molar-refractivity contribution is -0.134. The number of aromatic nitrogens is 2. The van der Waals surface area contributed by atoms with Crippen molar-refractivity contribution >= 4 is 58.4 Å². The minimum Gasteiger partial charge on any atom is -0.362 e. The van der Waals surface area contributed by atoms with Crippen LogP contribution in [0.25, 0.3) is 0 Å². The number of hydrogen-bond acceptors (Lipinski definition) is 6. The van der Waals surface area contributed by atoms with E-state index in [0.717, 1.165) is 5.56 Å². The molecule has 3 heterocycles. The zero-order valence-electron chi connectivity index (χ0n) is 17.4. The van der Waals surface area contributed by atoms with Gasteiger partial charge in [0.2, 0.25) is 17.8 Å². The number of anilines is 2. The van der Waals surface area contributed by atoms with E-state index in [1.54, 1.807) is 23.2 Å². The van der Waals surface area contributed by atoms with E-state index in [1.807, 2.05) is 17.9 Å². The first-order valence-corrected chi connectivity index (χ1v) is 11.5. The number of hydrogen-bond donors (Lipinski definition) is 2. The molecule has 0 unspecified atom stereocenters. The Kier molecular flexibility index (Phi) is 6.93. The summed E-state index contributed by atoms with van der Waals surface area (Å²) in [7, 11) is 0. The summed E-state index contributed by atoms with van der Waals surface area (Å²) in [6.07, 6.45) is 2.53. The van der Waals surface area contributed by atoms with Crippen molar-refractivity contribution in [1.29, 1.82) is 0 Å². The molecule has 8 nitrogen and oxygen atoms in total. The monoisotopic (exact) mass is 496 g/mol. The lowest BCUT2D eigenvalue weighted by Gasteiger charge is -2.36. The molecule has 0 bridgehead atoms. The van der Waals surface area contributed by atoms with Gasteiger partial charge in [0.15, 0.2) is 5.82 Å². The molecule has 2 aliphatic rings. The highest BCUT2D eigenvalue weighted by molar-refractivity contribution is 6.35. The number of carbonyl (C=O) groups is 2. The maximum absolute atomic E-state index is 12.6. The van der Waals surface area contributed by atoms with E-state index in [-0.39, 0.29) is 17.9 Å². The van der Waals surface area contributed by atoms with Crippen LogP contribution >= 0.6 is 34.8 Å². The third-order valence-corrected chi connectivity index (χ3v) is 6.52. The maximum Gasteiger partial charge on any atom is 0.245 e. The fraction of sp³-hybridized carbons (Fsp3) is 0.429. The standard InChI is InChI=1S/C21H23Cl3N6O2/c1-12(14-3-2-13(22)10-15(14)23)26-19-16(24)11-25-21(28-19)30-8-6-29(7-9-30)20(32)17-4-5-18(31)27-17/h2-3,10-12,17H,4-9H2,1H3,(H,27,31)(H,25,26,28)/t12-,17-/m1/s1. The van der Waals surface area contributed by atoms with Crippen LogP contribution in [0.15, 0.2) is 24.4 Å². The van der Waals surface area contributed by atoms with Crippen molar-refractivity contribution in [3.05, 3.63) is 45.0 Å². The summed E-state index contributed by atoms with van der Waals surface area (Å²) < 4.78 is 0. The molecule has 1 aromatic carbocycles. The molecule has 11 heteroatoms. The Balaban J connectivity index is 1.40. The molecule has 2 aliphatic heterocycles. The Morgan fingerprint density at radius 2 is 1.94 bits per heavy atom. The van der Waals surface area contributed by atoms with Gasteiger partial charge in [0.05, 0.1) is 12.2 Å². The largest absolute Gasteiger partial charge is 0.362 e. The van der Waals surface area contributed by atoms with Crippen LogP contribution in [-0.4, -0.2) is 58.9 Å². The van der Waals surface area contributed by atoms with Crippen molar-refractivity contribution in [3.8, 4) is 0 Å². The lowest BCUT2D eigenvalue weighted by Crippen LogP contribution is -2.53. The highest BCUT2D eigenvalue weighted by Gasteiger charge is 2.32. The Hall–Kier alpha value is -2.29. The minimum atomic E-state index is -0.405. The normalized spacial score (nSPS) is 19.6. The average molecular weight is 498 g/mol. The van der Waals surface area contributed by atoms with Gasteiger partial charge in [-0.3, -0.25) is 9.59 Å². The fourth-order valence-corrected chi connectivity index (χ4v) is 4.61. The van der Waals surface area contributed by atoms with Crippen molar-refractivity contribution in [2.24, 2.45) is 0 Å². The van der Waals surface area contributed by atoms with Gasteiger partial charge >= 0.3 is 0 Å². The predicted molar refractivity (Wildman–Crippen MR) is 125 cm³/mol. The second kappa shape index (κ2) is 9.68. The summed E-state index contributed by atoms with van der Waals surface area (Å²) in [5.41, 5.74) is 0.874. The summed E-state index contributed by atoms with van der Waals surface area (Å²) >= 11 is 18.6. The molecule has 2 aromatic rings.